The van der Waals surface area contributed by atoms with Gasteiger partial charge in [0.25, 0.3) is 0 Å². The molecule has 0 saturated heterocycles. The molecule has 1 heteroatoms. The molecule has 1 aromatic carbocycles. The first-order valence-corrected chi connectivity index (χ1v) is 8.54. The number of hydrogen-bond acceptors (Lipinski definition) is 1. The normalized spacial score (nSPS) is 16.5. The van der Waals surface area contributed by atoms with Crippen LogP contribution in [-0.4, -0.2) is 5.11 Å². The molecule has 1 N–H and O–H groups in total. The number of phenols is 1. The zero-order chi connectivity index (χ0) is 14.4. The van der Waals surface area contributed by atoms with E-state index in [1.54, 1.807) is 0 Å². The second kappa shape index (κ2) is 7.71. The largest absolute Gasteiger partial charge is 0.507 e. The molecule has 0 aromatic heterocycles. The molecule has 0 aliphatic heterocycles. The fourth-order valence-corrected chi connectivity index (χ4v) is 3.51. The summed E-state index contributed by atoms with van der Waals surface area (Å²) in [5, 5.41) is 10.4. The molecule has 1 aliphatic carbocycles. The molecule has 0 radical (unpaired) electrons. The Morgan fingerprint density at radius 1 is 1.05 bits per heavy atom. The Bertz CT molecular complexity index is 416. The number of phenolic OH excluding ortho intramolecular Hbond substituents is 1. The Morgan fingerprint density at radius 2 is 1.80 bits per heavy atom. The summed E-state index contributed by atoms with van der Waals surface area (Å²) < 4.78 is 0. The highest BCUT2D eigenvalue weighted by molar-refractivity contribution is 5.45. The molecule has 0 spiro atoms. The Morgan fingerprint density at radius 3 is 2.50 bits per heavy atom. The Hall–Kier alpha value is -0.980. The van der Waals surface area contributed by atoms with Crippen molar-refractivity contribution in [2.75, 3.05) is 0 Å². The zero-order valence-electron chi connectivity index (χ0n) is 13.3. The fourth-order valence-electron chi connectivity index (χ4n) is 3.51. The maximum atomic E-state index is 10.4. The summed E-state index contributed by atoms with van der Waals surface area (Å²) in [6.07, 6.45) is 12.9. The molecule has 1 aliphatic rings. The van der Waals surface area contributed by atoms with Crippen molar-refractivity contribution in [1.29, 1.82) is 0 Å². The average Bonchev–Trinajstić information content (AvgIpc) is 2.48. The van der Waals surface area contributed by atoms with Gasteiger partial charge in [-0.1, -0.05) is 57.6 Å². The summed E-state index contributed by atoms with van der Waals surface area (Å²) >= 11 is 0. The van der Waals surface area contributed by atoms with E-state index >= 15 is 0 Å². The number of hydrogen-bond donors (Lipinski definition) is 1. The molecule has 0 unspecified atom stereocenters. The molecule has 1 saturated carbocycles. The van der Waals surface area contributed by atoms with Gasteiger partial charge >= 0.3 is 0 Å². The lowest BCUT2D eigenvalue weighted by Gasteiger charge is -2.24. The van der Waals surface area contributed by atoms with Crippen LogP contribution in [0.1, 0.15) is 87.3 Å². The van der Waals surface area contributed by atoms with Crippen molar-refractivity contribution < 1.29 is 5.11 Å². The first-order valence-electron chi connectivity index (χ1n) is 8.54. The van der Waals surface area contributed by atoms with Gasteiger partial charge in [-0.05, 0) is 55.2 Å². The van der Waals surface area contributed by atoms with Crippen LogP contribution in [0.5, 0.6) is 5.75 Å². The summed E-state index contributed by atoms with van der Waals surface area (Å²) in [5.41, 5.74) is 3.73. The van der Waals surface area contributed by atoms with Gasteiger partial charge in [-0.2, -0.15) is 0 Å². The molecule has 1 aromatic rings. The van der Waals surface area contributed by atoms with Gasteiger partial charge in [0.05, 0.1) is 0 Å². The number of rotatable bonds is 6. The Labute approximate surface area is 124 Å². The van der Waals surface area contributed by atoms with Crippen LogP contribution >= 0.6 is 0 Å². The third-order valence-corrected chi connectivity index (χ3v) is 4.75. The molecule has 0 atom stereocenters. The van der Waals surface area contributed by atoms with Gasteiger partial charge in [0.15, 0.2) is 0 Å². The third kappa shape index (κ3) is 4.01. The van der Waals surface area contributed by atoms with Crippen molar-refractivity contribution >= 4 is 0 Å². The first-order chi connectivity index (χ1) is 9.72. The number of aromatic hydroxyl groups is 1. The minimum Gasteiger partial charge on any atom is -0.507 e. The predicted octanol–water partition coefficient (Wildman–Crippen LogP) is 5.87. The Kier molecular flexibility index (Phi) is 5.94. The van der Waals surface area contributed by atoms with Gasteiger partial charge in [-0.15, -0.1) is 0 Å². The van der Waals surface area contributed by atoms with E-state index in [9.17, 15) is 5.11 Å². The van der Waals surface area contributed by atoms with Gasteiger partial charge in [0.1, 0.15) is 5.75 Å². The Balaban J connectivity index is 2.07. The van der Waals surface area contributed by atoms with Crippen LogP contribution in [0.25, 0.3) is 0 Å². The summed E-state index contributed by atoms with van der Waals surface area (Å²) in [7, 11) is 0. The van der Waals surface area contributed by atoms with E-state index in [4.69, 9.17) is 0 Å². The van der Waals surface area contributed by atoms with Crippen LogP contribution in [0.2, 0.25) is 0 Å². The van der Waals surface area contributed by atoms with Crippen LogP contribution in [0.4, 0.5) is 0 Å². The third-order valence-electron chi connectivity index (χ3n) is 4.75. The van der Waals surface area contributed by atoms with Crippen LogP contribution in [0.15, 0.2) is 12.1 Å². The van der Waals surface area contributed by atoms with Crippen LogP contribution < -0.4 is 0 Å². The molecule has 2 rings (SSSR count). The van der Waals surface area contributed by atoms with Crippen LogP contribution in [0, 0.1) is 6.92 Å². The van der Waals surface area contributed by atoms with E-state index in [2.05, 4.69) is 26.0 Å². The molecule has 20 heavy (non-hydrogen) atoms. The van der Waals surface area contributed by atoms with Gasteiger partial charge < -0.3 is 5.11 Å². The van der Waals surface area contributed by atoms with Crippen molar-refractivity contribution in [3.8, 4) is 5.75 Å². The lowest BCUT2D eigenvalue weighted by atomic mass is 9.82. The van der Waals surface area contributed by atoms with E-state index < -0.39 is 0 Å². The maximum Gasteiger partial charge on any atom is 0.121 e. The smallest absolute Gasteiger partial charge is 0.121 e. The predicted molar refractivity (Wildman–Crippen MR) is 86.5 cm³/mol. The van der Waals surface area contributed by atoms with E-state index in [1.807, 2.05) is 0 Å². The van der Waals surface area contributed by atoms with E-state index in [1.165, 1.54) is 75.3 Å². The van der Waals surface area contributed by atoms with Crippen molar-refractivity contribution in [1.82, 2.24) is 0 Å². The molecule has 0 heterocycles. The van der Waals surface area contributed by atoms with Crippen molar-refractivity contribution in [3.63, 3.8) is 0 Å². The molecule has 1 fully saturated rings. The highest BCUT2D eigenvalue weighted by Crippen LogP contribution is 2.39. The molecule has 0 amide bonds. The van der Waals surface area contributed by atoms with Crippen molar-refractivity contribution in [2.45, 2.75) is 84.0 Å². The topological polar surface area (TPSA) is 20.2 Å². The molecule has 112 valence electrons. The summed E-state index contributed by atoms with van der Waals surface area (Å²) in [5.74, 6) is 1.16. The molecule has 1 nitrogen and oxygen atoms in total. The van der Waals surface area contributed by atoms with Gasteiger partial charge in [0, 0.05) is 0 Å². The molecular weight excluding hydrogens is 244 g/mol. The van der Waals surface area contributed by atoms with E-state index in [0.29, 0.717) is 11.7 Å². The quantitative estimate of drug-likeness (QED) is 0.643. The summed E-state index contributed by atoms with van der Waals surface area (Å²) in [6, 6.07) is 4.48. The average molecular weight is 274 g/mol. The maximum absolute atomic E-state index is 10.4. The van der Waals surface area contributed by atoms with Gasteiger partial charge in [-0.25, -0.2) is 0 Å². The van der Waals surface area contributed by atoms with Crippen molar-refractivity contribution in [3.05, 3.63) is 28.8 Å². The second-order valence-corrected chi connectivity index (χ2v) is 6.50. The fraction of sp³-hybridized carbons (Fsp3) is 0.684. The summed E-state index contributed by atoms with van der Waals surface area (Å²) in [6.45, 7) is 4.31. The number of unbranched alkanes of at least 4 members (excludes halogenated alkanes) is 3. The van der Waals surface area contributed by atoms with E-state index in [-0.39, 0.29) is 0 Å². The lowest BCUT2D eigenvalue weighted by Crippen LogP contribution is -2.06. The SMILES string of the molecule is CCCCCCc1cc(C)c(O)c(C2CCCCC2)c1. The molecular formula is C19H30O. The lowest BCUT2D eigenvalue weighted by molar-refractivity contribution is 0.412. The first kappa shape index (κ1) is 15.4. The molecule has 0 bridgehead atoms. The minimum atomic E-state index is 0.564. The standard InChI is InChI=1S/C19H30O/c1-3-4-5-7-10-16-13-15(2)19(20)18(14-16)17-11-8-6-9-12-17/h13-14,17,20H,3-12H2,1-2H3. The van der Waals surface area contributed by atoms with E-state index in [0.717, 1.165) is 5.56 Å². The zero-order valence-corrected chi connectivity index (χ0v) is 13.3. The van der Waals surface area contributed by atoms with Crippen LogP contribution in [0.3, 0.4) is 0 Å². The minimum absolute atomic E-state index is 0.564. The van der Waals surface area contributed by atoms with Crippen molar-refractivity contribution in [2.24, 2.45) is 0 Å². The van der Waals surface area contributed by atoms with Crippen LogP contribution in [-0.2, 0) is 6.42 Å². The second-order valence-electron chi connectivity index (χ2n) is 6.50. The van der Waals surface area contributed by atoms with Gasteiger partial charge in [0.2, 0.25) is 0 Å². The highest BCUT2D eigenvalue weighted by atomic mass is 16.3. The monoisotopic (exact) mass is 274 g/mol. The summed E-state index contributed by atoms with van der Waals surface area (Å²) in [4.78, 5) is 0. The number of aryl methyl sites for hydroxylation is 2. The highest BCUT2D eigenvalue weighted by Gasteiger charge is 2.20. The number of benzene rings is 1. The van der Waals surface area contributed by atoms with Gasteiger partial charge in [-0.3, -0.25) is 0 Å².